The Hall–Kier alpha value is -2.11. The first-order valence-corrected chi connectivity index (χ1v) is 10.5. The maximum Gasteiger partial charge on any atom is 0.333 e. The van der Waals surface area contributed by atoms with Crippen LogP contribution in [0.25, 0.3) is 0 Å². The van der Waals surface area contributed by atoms with E-state index in [1.165, 1.54) is 76.6 Å². The molecular weight excluding hydrogens is 340 g/mol. The molecule has 27 heavy (non-hydrogen) atoms. The first kappa shape index (κ1) is 22.9. The molecule has 0 saturated carbocycles. The number of hydrazine groups is 1. The van der Waals surface area contributed by atoms with Gasteiger partial charge in [0.1, 0.15) is 0 Å². The molecule has 3 N–H and O–H groups in total. The summed E-state index contributed by atoms with van der Waals surface area (Å²) in [7, 11) is 0. The van der Waals surface area contributed by atoms with Crippen molar-refractivity contribution in [3.05, 3.63) is 30.1 Å². The van der Waals surface area contributed by atoms with E-state index in [0.29, 0.717) is 12.1 Å². The highest BCUT2D eigenvalue weighted by Gasteiger charge is 2.05. The number of amides is 3. The Morgan fingerprint density at radius 2 is 1.30 bits per heavy atom. The van der Waals surface area contributed by atoms with Gasteiger partial charge in [0, 0.05) is 24.5 Å². The number of carbonyl (C=O) groups excluding carboxylic acids is 2. The monoisotopic (exact) mass is 376 g/mol. The zero-order valence-electron chi connectivity index (χ0n) is 16.8. The first-order chi connectivity index (χ1) is 13.2. The maximum atomic E-state index is 11.8. The van der Waals surface area contributed by atoms with Gasteiger partial charge in [-0.15, -0.1) is 0 Å². The van der Waals surface area contributed by atoms with E-state index in [1.54, 1.807) is 12.1 Å². The largest absolute Gasteiger partial charge is 0.337 e. The van der Waals surface area contributed by atoms with Crippen LogP contribution in [0.5, 0.6) is 0 Å². The van der Waals surface area contributed by atoms with Crippen LogP contribution in [0.3, 0.4) is 0 Å². The molecule has 152 valence electrons. The summed E-state index contributed by atoms with van der Waals surface area (Å²) in [5, 5.41) is 2.75. The molecule has 0 aliphatic carbocycles. The normalized spacial score (nSPS) is 10.4. The molecule has 0 unspecified atom stereocenters. The third-order valence-electron chi connectivity index (χ3n) is 4.55. The van der Waals surface area contributed by atoms with Crippen molar-refractivity contribution in [1.29, 1.82) is 0 Å². The van der Waals surface area contributed by atoms with Crippen LogP contribution in [-0.2, 0) is 0 Å². The number of hydrogen-bond acceptors (Lipinski definition) is 3. The number of hydrogen-bond donors (Lipinski definition) is 3. The molecule has 3 amide bonds. The molecule has 0 aliphatic heterocycles. The minimum Gasteiger partial charge on any atom is -0.337 e. The molecule has 0 spiro atoms. The zero-order valence-corrected chi connectivity index (χ0v) is 16.8. The molecule has 1 heterocycles. The average Bonchev–Trinajstić information content (AvgIpc) is 2.70. The number of aromatic nitrogens is 1. The molecule has 0 saturated heterocycles. The fourth-order valence-corrected chi connectivity index (χ4v) is 2.90. The van der Waals surface area contributed by atoms with Gasteiger partial charge in [0.15, 0.2) is 0 Å². The lowest BCUT2D eigenvalue weighted by molar-refractivity contribution is 0.0936. The highest BCUT2D eigenvalue weighted by Crippen LogP contribution is 2.11. The Kier molecular flexibility index (Phi) is 13.7. The number of nitrogens with zero attached hydrogens (tertiary/aromatic N) is 1. The summed E-state index contributed by atoms with van der Waals surface area (Å²) < 4.78 is 0. The molecule has 1 aromatic heterocycles. The number of pyridine rings is 1. The topological polar surface area (TPSA) is 83.1 Å². The lowest BCUT2D eigenvalue weighted by Gasteiger charge is -2.09. The van der Waals surface area contributed by atoms with Crippen LogP contribution in [-0.4, -0.2) is 23.5 Å². The van der Waals surface area contributed by atoms with E-state index in [1.807, 2.05) is 0 Å². The second-order valence-electron chi connectivity index (χ2n) is 6.96. The van der Waals surface area contributed by atoms with Crippen molar-refractivity contribution >= 4 is 11.9 Å². The highest BCUT2D eigenvalue weighted by atomic mass is 16.2. The SMILES string of the molecule is CCCCCCCCCCCCCCNC(=O)NNC(=O)c1ccncc1. The van der Waals surface area contributed by atoms with Crippen molar-refractivity contribution in [3.63, 3.8) is 0 Å². The van der Waals surface area contributed by atoms with Crippen molar-refractivity contribution < 1.29 is 9.59 Å². The quantitative estimate of drug-likeness (QED) is 0.324. The Bertz CT molecular complexity index is 508. The van der Waals surface area contributed by atoms with E-state index < -0.39 is 0 Å². The van der Waals surface area contributed by atoms with Crippen LogP contribution < -0.4 is 16.2 Å². The second-order valence-corrected chi connectivity index (χ2v) is 6.96. The van der Waals surface area contributed by atoms with Crippen LogP contribution in [0.2, 0.25) is 0 Å². The molecule has 6 nitrogen and oxygen atoms in total. The number of rotatable bonds is 14. The summed E-state index contributed by atoms with van der Waals surface area (Å²) >= 11 is 0. The molecule has 0 fully saturated rings. The van der Waals surface area contributed by atoms with Crippen molar-refractivity contribution in [2.75, 3.05) is 6.54 Å². The summed E-state index contributed by atoms with van der Waals surface area (Å²) in [5.74, 6) is -0.363. The Labute approximate surface area is 163 Å². The molecule has 1 rings (SSSR count). The van der Waals surface area contributed by atoms with E-state index in [9.17, 15) is 9.59 Å². The average molecular weight is 377 g/mol. The van der Waals surface area contributed by atoms with Crippen molar-refractivity contribution in [1.82, 2.24) is 21.2 Å². The van der Waals surface area contributed by atoms with Gasteiger partial charge in [-0.2, -0.15) is 0 Å². The molecule has 1 aromatic rings. The molecule has 0 aromatic carbocycles. The Balaban J connectivity index is 1.86. The summed E-state index contributed by atoms with van der Waals surface area (Å²) in [6, 6.07) is 2.78. The summed E-state index contributed by atoms with van der Waals surface area (Å²) in [6.07, 6.45) is 18.6. The van der Waals surface area contributed by atoms with Gasteiger partial charge in [0.25, 0.3) is 5.91 Å². The van der Waals surface area contributed by atoms with Crippen LogP contribution in [0.4, 0.5) is 4.79 Å². The Morgan fingerprint density at radius 1 is 0.778 bits per heavy atom. The number of urea groups is 1. The smallest absolute Gasteiger partial charge is 0.333 e. The molecule has 0 aliphatic rings. The lowest BCUT2D eigenvalue weighted by atomic mass is 10.1. The molecule has 0 radical (unpaired) electrons. The van der Waals surface area contributed by atoms with Gasteiger partial charge in [0.05, 0.1) is 0 Å². The van der Waals surface area contributed by atoms with Crippen LogP contribution in [0, 0.1) is 0 Å². The maximum absolute atomic E-state index is 11.8. The van der Waals surface area contributed by atoms with Crippen molar-refractivity contribution in [2.24, 2.45) is 0 Å². The summed E-state index contributed by atoms with van der Waals surface area (Å²) in [5.41, 5.74) is 5.17. The van der Waals surface area contributed by atoms with Gasteiger partial charge in [-0.3, -0.25) is 15.2 Å². The minimum absolute atomic E-state index is 0.363. The van der Waals surface area contributed by atoms with Crippen molar-refractivity contribution in [2.45, 2.75) is 84.0 Å². The fourth-order valence-electron chi connectivity index (χ4n) is 2.90. The van der Waals surface area contributed by atoms with E-state index in [0.717, 1.165) is 12.8 Å². The van der Waals surface area contributed by atoms with Crippen molar-refractivity contribution in [3.8, 4) is 0 Å². The Morgan fingerprint density at radius 3 is 1.85 bits per heavy atom. The molecule has 0 atom stereocenters. The van der Waals surface area contributed by atoms with E-state index in [4.69, 9.17) is 0 Å². The predicted molar refractivity (Wildman–Crippen MR) is 109 cm³/mol. The third kappa shape index (κ3) is 12.8. The second kappa shape index (κ2) is 16.1. The van der Waals surface area contributed by atoms with E-state index in [-0.39, 0.29) is 11.9 Å². The third-order valence-corrected chi connectivity index (χ3v) is 4.55. The molecule has 0 bridgehead atoms. The summed E-state index contributed by atoms with van der Waals surface area (Å²) in [6.45, 7) is 2.87. The minimum atomic E-state index is -0.388. The first-order valence-electron chi connectivity index (χ1n) is 10.5. The van der Waals surface area contributed by atoms with Gasteiger partial charge in [-0.1, -0.05) is 77.6 Å². The number of unbranched alkanes of at least 4 members (excludes halogenated alkanes) is 11. The van der Waals surface area contributed by atoms with Gasteiger partial charge in [0.2, 0.25) is 0 Å². The fraction of sp³-hybridized carbons (Fsp3) is 0.667. The standard InChI is InChI=1S/C21H36N4O2/c1-2-3-4-5-6-7-8-9-10-11-12-13-16-23-21(27)25-24-20(26)19-14-17-22-18-15-19/h14-15,17-18H,2-13,16H2,1H3,(H,24,26)(H2,23,25,27). The zero-order chi connectivity index (χ0) is 19.6. The molecule has 6 heteroatoms. The van der Waals surface area contributed by atoms with Crippen LogP contribution in [0.1, 0.15) is 94.3 Å². The predicted octanol–water partition coefficient (Wildman–Crippen LogP) is 4.73. The van der Waals surface area contributed by atoms with E-state index >= 15 is 0 Å². The van der Waals surface area contributed by atoms with E-state index in [2.05, 4.69) is 28.1 Å². The van der Waals surface area contributed by atoms with Gasteiger partial charge in [-0.25, -0.2) is 10.2 Å². The van der Waals surface area contributed by atoms with Gasteiger partial charge >= 0.3 is 6.03 Å². The lowest BCUT2D eigenvalue weighted by Crippen LogP contribution is -2.47. The van der Waals surface area contributed by atoms with Crippen LogP contribution in [0.15, 0.2) is 24.5 Å². The van der Waals surface area contributed by atoms with Crippen LogP contribution >= 0.6 is 0 Å². The summed E-state index contributed by atoms with van der Waals surface area (Å²) in [4.78, 5) is 27.2. The van der Waals surface area contributed by atoms with Gasteiger partial charge in [-0.05, 0) is 18.6 Å². The number of nitrogens with one attached hydrogen (secondary N) is 3. The molecular formula is C21H36N4O2. The van der Waals surface area contributed by atoms with Gasteiger partial charge < -0.3 is 5.32 Å². The highest BCUT2D eigenvalue weighted by molar-refractivity contribution is 5.95. The number of carbonyl (C=O) groups is 2.